The summed E-state index contributed by atoms with van der Waals surface area (Å²) in [5.74, 6) is 0.0536. The molecule has 1 aliphatic rings. The van der Waals surface area contributed by atoms with Gasteiger partial charge in [-0.05, 0) is 24.6 Å². The van der Waals surface area contributed by atoms with Gasteiger partial charge in [0.25, 0.3) is 0 Å². The summed E-state index contributed by atoms with van der Waals surface area (Å²) >= 11 is 0. The number of rotatable bonds is 5. The molecule has 22 heavy (non-hydrogen) atoms. The second kappa shape index (κ2) is 8.48. The Labute approximate surface area is 139 Å². The second-order valence-electron chi connectivity index (χ2n) is 5.94. The Balaban J connectivity index is 0.00000242. The molecule has 1 fully saturated rings. The summed E-state index contributed by atoms with van der Waals surface area (Å²) in [5.41, 5.74) is 8.77. The van der Waals surface area contributed by atoms with Crippen LogP contribution in [0.3, 0.4) is 0 Å². The van der Waals surface area contributed by atoms with Gasteiger partial charge in [0, 0.05) is 33.7 Å². The standard InChI is InChI=1S/C16H26N4O.ClH/c1-18-10-12-4-6-13(7-5-12)11-20-9-8-14(15(20)17)16(21)19(2)3;/h4-7,14-15,18H,8-11,17H2,1-3H3;1H. The van der Waals surface area contributed by atoms with E-state index in [2.05, 4.69) is 34.5 Å². The summed E-state index contributed by atoms with van der Waals surface area (Å²) in [7, 11) is 5.52. The first-order valence-electron chi connectivity index (χ1n) is 7.46. The summed E-state index contributed by atoms with van der Waals surface area (Å²) in [6, 6.07) is 8.55. The van der Waals surface area contributed by atoms with Crippen molar-refractivity contribution in [1.29, 1.82) is 0 Å². The molecule has 0 saturated carbocycles. The summed E-state index contributed by atoms with van der Waals surface area (Å²) in [6.07, 6.45) is 0.660. The molecular weight excluding hydrogens is 300 g/mol. The monoisotopic (exact) mass is 326 g/mol. The van der Waals surface area contributed by atoms with Crippen molar-refractivity contribution in [2.75, 3.05) is 27.7 Å². The van der Waals surface area contributed by atoms with Crippen LogP contribution in [0.15, 0.2) is 24.3 Å². The van der Waals surface area contributed by atoms with Crippen LogP contribution in [0.2, 0.25) is 0 Å². The molecule has 0 spiro atoms. The van der Waals surface area contributed by atoms with Gasteiger partial charge in [0.1, 0.15) is 0 Å². The highest BCUT2D eigenvalue weighted by molar-refractivity contribution is 5.85. The van der Waals surface area contributed by atoms with Gasteiger partial charge in [0.15, 0.2) is 0 Å². The molecule has 2 rings (SSSR count). The lowest BCUT2D eigenvalue weighted by molar-refractivity contribution is -0.133. The minimum atomic E-state index is -0.183. The summed E-state index contributed by atoms with van der Waals surface area (Å²) in [6.45, 7) is 2.56. The molecule has 1 aromatic rings. The Morgan fingerprint density at radius 3 is 2.45 bits per heavy atom. The van der Waals surface area contributed by atoms with Crippen molar-refractivity contribution in [3.05, 3.63) is 35.4 Å². The number of nitrogens with two attached hydrogens (primary N) is 1. The lowest BCUT2D eigenvalue weighted by Gasteiger charge is -2.25. The van der Waals surface area contributed by atoms with E-state index in [0.29, 0.717) is 0 Å². The number of carbonyl (C=O) groups is 1. The maximum Gasteiger partial charge on any atom is 0.228 e. The number of hydrogen-bond acceptors (Lipinski definition) is 4. The topological polar surface area (TPSA) is 61.6 Å². The Morgan fingerprint density at radius 1 is 1.32 bits per heavy atom. The second-order valence-corrected chi connectivity index (χ2v) is 5.94. The van der Waals surface area contributed by atoms with Gasteiger partial charge in [-0.2, -0.15) is 0 Å². The molecule has 0 aliphatic carbocycles. The summed E-state index contributed by atoms with van der Waals surface area (Å²) < 4.78 is 0. The van der Waals surface area contributed by atoms with Crippen LogP contribution in [0, 0.1) is 5.92 Å². The fraction of sp³-hybridized carbons (Fsp3) is 0.562. The van der Waals surface area contributed by atoms with Gasteiger partial charge in [-0.25, -0.2) is 0 Å². The number of nitrogens with zero attached hydrogens (tertiary/aromatic N) is 2. The zero-order valence-corrected chi connectivity index (χ0v) is 14.4. The Bertz CT molecular complexity index is 478. The van der Waals surface area contributed by atoms with Crippen LogP contribution in [-0.2, 0) is 17.9 Å². The van der Waals surface area contributed by atoms with Gasteiger partial charge >= 0.3 is 0 Å². The predicted molar refractivity (Wildman–Crippen MR) is 91.6 cm³/mol. The quantitative estimate of drug-likeness (QED) is 0.848. The molecule has 2 atom stereocenters. The number of likely N-dealkylation sites (tertiary alicyclic amines) is 1. The van der Waals surface area contributed by atoms with Crippen molar-refractivity contribution in [3.63, 3.8) is 0 Å². The summed E-state index contributed by atoms with van der Waals surface area (Å²) in [5, 5.41) is 3.14. The molecule has 1 aromatic carbocycles. The first kappa shape index (κ1) is 18.9. The normalized spacial score (nSPS) is 21.5. The predicted octanol–water partition coefficient (Wildman–Crippen LogP) is 1.02. The van der Waals surface area contributed by atoms with E-state index in [4.69, 9.17) is 5.73 Å². The molecular formula is C16H27ClN4O. The zero-order chi connectivity index (χ0) is 15.4. The molecule has 0 bridgehead atoms. The maximum atomic E-state index is 12.1. The van der Waals surface area contributed by atoms with Crippen LogP contribution in [0.25, 0.3) is 0 Å². The fourth-order valence-electron chi connectivity index (χ4n) is 2.87. The van der Waals surface area contributed by atoms with Crippen molar-refractivity contribution < 1.29 is 4.79 Å². The van der Waals surface area contributed by atoms with Gasteiger partial charge in [0.2, 0.25) is 5.91 Å². The van der Waals surface area contributed by atoms with E-state index in [9.17, 15) is 4.79 Å². The number of carbonyl (C=O) groups excluding carboxylic acids is 1. The van der Waals surface area contributed by atoms with E-state index >= 15 is 0 Å². The highest BCUT2D eigenvalue weighted by Gasteiger charge is 2.36. The molecule has 1 saturated heterocycles. The van der Waals surface area contributed by atoms with Crippen LogP contribution in [0.1, 0.15) is 17.5 Å². The fourth-order valence-corrected chi connectivity index (χ4v) is 2.87. The van der Waals surface area contributed by atoms with E-state index in [1.807, 2.05) is 7.05 Å². The number of halogens is 1. The van der Waals surface area contributed by atoms with Gasteiger partial charge in [-0.1, -0.05) is 24.3 Å². The van der Waals surface area contributed by atoms with Gasteiger partial charge in [-0.3, -0.25) is 9.69 Å². The molecule has 3 N–H and O–H groups in total. The van der Waals surface area contributed by atoms with Gasteiger partial charge < -0.3 is 16.0 Å². The minimum absolute atomic E-state index is 0. The van der Waals surface area contributed by atoms with Crippen molar-refractivity contribution in [2.24, 2.45) is 11.7 Å². The van der Waals surface area contributed by atoms with Crippen LogP contribution in [-0.4, -0.2) is 49.6 Å². The van der Waals surface area contributed by atoms with Crippen molar-refractivity contribution >= 4 is 18.3 Å². The SMILES string of the molecule is CNCc1ccc(CN2CCC(C(=O)N(C)C)C2N)cc1.Cl. The van der Waals surface area contributed by atoms with Crippen molar-refractivity contribution in [1.82, 2.24) is 15.1 Å². The molecule has 6 heteroatoms. The number of hydrogen-bond donors (Lipinski definition) is 2. The molecule has 1 heterocycles. The molecule has 5 nitrogen and oxygen atoms in total. The molecule has 1 amide bonds. The molecule has 124 valence electrons. The average molecular weight is 327 g/mol. The molecule has 0 aromatic heterocycles. The van der Waals surface area contributed by atoms with Crippen LogP contribution < -0.4 is 11.1 Å². The van der Waals surface area contributed by atoms with Crippen LogP contribution in [0.5, 0.6) is 0 Å². The third-order valence-corrected chi connectivity index (χ3v) is 4.11. The molecule has 0 radical (unpaired) electrons. The van der Waals surface area contributed by atoms with E-state index < -0.39 is 0 Å². The van der Waals surface area contributed by atoms with E-state index in [1.165, 1.54) is 11.1 Å². The van der Waals surface area contributed by atoms with E-state index in [0.717, 1.165) is 26.1 Å². The Kier molecular flexibility index (Phi) is 7.29. The molecule has 1 aliphatic heterocycles. The number of benzene rings is 1. The first-order chi connectivity index (χ1) is 10.0. The smallest absolute Gasteiger partial charge is 0.228 e. The lowest BCUT2D eigenvalue weighted by atomic mass is 10.1. The maximum absolute atomic E-state index is 12.1. The number of nitrogens with one attached hydrogen (secondary N) is 1. The lowest BCUT2D eigenvalue weighted by Crippen LogP contribution is -2.45. The minimum Gasteiger partial charge on any atom is -0.348 e. The van der Waals surface area contributed by atoms with E-state index in [1.54, 1.807) is 19.0 Å². The Hall–Kier alpha value is -1.14. The third-order valence-electron chi connectivity index (χ3n) is 4.11. The van der Waals surface area contributed by atoms with Crippen LogP contribution in [0.4, 0.5) is 0 Å². The van der Waals surface area contributed by atoms with Gasteiger partial charge in [0.05, 0.1) is 12.1 Å². The largest absolute Gasteiger partial charge is 0.348 e. The zero-order valence-electron chi connectivity index (χ0n) is 13.6. The average Bonchev–Trinajstić information content (AvgIpc) is 2.82. The first-order valence-corrected chi connectivity index (χ1v) is 7.46. The highest BCUT2D eigenvalue weighted by atomic mass is 35.5. The molecule has 2 unspecified atom stereocenters. The van der Waals surface area contributed by atoms with Crippen LogP contribution >= 0.6 is 12.4 Å². The number of amides is 1. The van der Waals surface area contributed by atoms with E-state index in [-0.39, 0.29) is 30.4 Å². The third kappa shape index (κ3) is 4.43. The Morgan fingerprint density at radius 2 is 1.91 bits per heavy atom. The highest BCUT2D eigenvalue weighted by Crippen LogP contribution is 2.24. The van der Waals surface area contributed by atoms with Gasteiger partial charge in [-0.15, -0.1) is 12.4 Å². The summed E-state index contributed by atoms with van der Waals surface area (Å²) in [4.78, 5) is 15.9. The van der Waals surface area contributed by atoms with Crippen molar-refractivity contribution in [3.8, 4) is 0 Å². The van der Waals surface area contributed by atoms with Crippen molar-refractivity contribution in [2.45, 2.75) is 25.7 Å².